The molecule has 0 radical (unpaired) electrons. The lowest BCUT2D eigenvalue weighted by atomic mass is 9.80. The van der Waals surface area contributed by atoms with Gasteiger partial charge in [-0.3, -0.25) is 0 Å². The van der Waals surface area contributed by atoms with Crippen molar-refractivity contribution >= 4 is 0 Å². The molecule has 2 saturated heterocycles. The van der Waals surface area contributed by atoms with Crippen LogP contribution in [0, 0.1) is 0 Å². The van der Waals surface area contributed by atoms with Crippen LogP contribution in [0.25, 0.3) is 0 Å². The minimum atomic E-state index is 0.531. The first kappa shape index (κ1) is 14.0. The van der Waals surface area contributed by atoms with Crippen molar-refractivity contribution in [1.29, 1.82) is 0 Å². The number of rotatable bonds is 1. The van der Waals surface area contributed by atoms with Crippen LogP contribution in [-0.4, -0.2) is 36.1 Å². The Morgan fingerprint density at radius 2 is 1.62 bits per heavy atom. The molecule has 2 aliphatic heterocycles. The predicted molar refractivity (Wildman–Crippen MR) is 71.9 cm³/mol. The maximum Gasteiger partial charge on any atom is 0.0205 e. The molecule has 0 aliphatic carbocycles. The van der Waals surface area contributed by atoms with Gasteiger partial charge in [0.15, 0.2) is 0 Å². The average Bonchev–Trinajstić information content (AvgIpc) is 2.33. The lowest BCUT2D eigenvalue weighted by molar-refractivity contribution is 0.0925. The normalized spacial score (nSPS) is 25.3. The molecule has 96 valence electrons. The van der Waals surface area contributed by atoms with E-state index in [1.807, 2.05) is 13.8 Å². The van der Waals surface area contributed by atoms with Crippen LogP contribution in [0.3, 0.4) is 0 Å². The summed E-state index contributed by atoms with van der Waals surface area (Å²) >= 11 is 0. The van der Waals surface area contributed by atoms with E-state index in [2.05, 4.69) is 24.1 Å². The van der Waals surface area contributed by atoms with Gasteiger partial charge in [-0.2, -0.15) is 0 Å². The summed E-state index contributed by atoms with van der Waals surface area (Å²) in [5.41, 5.74) is 0.531. The molecule has 1 spiro atoms. The zero-order chi connectivity index (χ0) is 12.0. The van der Waals surface area contributed by atoms with Gasteiger partial charge in [0.05, 0.1) is 0 Å². The van der Waals surface area contributed by atoms with Crippen LogP contribution in [0.1, 0.15) is 59.8 Å². The highest BCUT2D eigenvalue weighted by atomic mass is 15.2. The molecule has 0 aromatic carbocycles. The van der Waals surface area contributed by atoms with Crippen LogP contribution in [-0.2, 0) is 0 Å². The second-order valence-corrected chi connectivity index (χ2v) is 5.29. The summed E-state index contributed by atoms with van der Waals surface area (Å²) < 4.78 is 0. The summed E-state index contributed by atoms with van der Waals surface area (Å²) in [4.78, 5) is 2.61. The summed E-state index contributed by atoms with van der Waals surface area (Å²) in [6.45, 7) is 12.5. The summed E-state index contributed by atoms with van der Waals surface area (Å²) in [6.07, 6.45) is 6.97. The van der Waals surface area contributed by atoms with Crippen molar-refractivity contribution in [3.63, 3.8) is 0 Å². The summed E-state index contributed by atoms with van der Waals surface area (Å²) in [5, 5.41) is 3.77. The average molecular weight is 226 g/mol. The molecule has 1 N–H and O–H groups in total. The fraction of sp³-hybridized carbons (Fsp3) is 1.00. The van der Waals surface area contributed by atoms with Gasteiger partial charge in [0, 0.05) is 24.7 Å². The van der Waals surface area contributed by atoms with Crippen molar-refractivity contribution in [1.82, 2.24) is 10.2 Å². The lowest BCUT2D eigenvalue weighted by Gasteiger charge is -2.46. The number of likely N-dealkylation sites (tertiary alicyclic amines) is 1. The monoisotopic (exact) mass is 226 g/mol. The van der Waals surface area contributed by atoms with E-state index < -0.39 is 0 Å². The highest BCUT2D eigenvalue weighted by Crippen LogP contribution is 2.30. The number of hydrogen-bond donors (Lipinski definition) is 1. The molecule has 0 atom stereocenters. The SMILES string of the molecule is CC.CC(C)N1CCC2(CCCCN2)CC1. The van der Waals surface area contributed by atoms with E-state index in [1.54, 1.807) is 0 Å². The van der Waals surface area contributed by atoms with E-state index in [-0.39, 0.29) is 0 Å². The minimum Gasteiger partial charge on any atom is -0.311 e. The Bertz CT molecular complexity index is 173. The maximum absolute atomic E-state index is 3.77. The quantitative estimate of drug-likeness (QED) is 0.739. The van der Waals surface area contributed by atoms with E-state index in [9.17, 15) is 0 Å². The molecule has 2 heterocycles. The van der Waals surface area contributed by atoms with Gasteiger partial charge >= 0.3 is 0 Å². The summed E-state index contributed by atoms with van der Waals surface area (Å²) in [5.74, 6) is 0. The lowest BCUT2D eigenvalue weighted by Crippen LogP contribution is -2.56. The predicted octanol–water partition coefficient (Wildman–Crippen LogP) is 3.03. The second kappa shape index (κ2) is 6.61. The number of hydrogen-bond acceptors (Lipinski definition) is 2. The first-order chi connectivity index (χ1) is 7.72. The van der Waals surface area contributed by atoms with Gasteiger partial charge in [-0.15, -0.1) is 0 Å². The molecular formula is C14H30N2. The van der Waals surface area contributed by atoms with E-state index >= 15 is 0 Å². The smallest absolute Gasteiger partial charge is 0.0205 e. The van der Waals surface area contributed by atoms with Gasteiger partial charge < -0.3 is 10.2 Å². The van der Waals surface area contributed by atoms with Crippen LogP contribution < -0.4 is 5.32 Å². The number of piperidine rings is 2. The van der Waals surface area contributed by atoms with E-state index in [1.165, 1.54) is 51.7 Å². The van der Waals surface area contributed by atoms with Crippen molar-refractivity contribution < 1.29 is 0 Å². The fourth-order valence-corrected chi connectivity index (χ4v) is 2.93. The van der Waals surface area contributed by atoms with Gasteiger partial charge in [-0.25, -0.2) is 0 Å². The molecule has 2 aliphatic rings. The Kier molecular flexibility index (Phi) is 5.77. The topological polar surface area (TPSA) is 15.3 Å². The maximum atomic E-state index is 3.77. The molecule has 2 fully saturated rings. The van der Waals surface area contributed by atoms with Gasteiger partial charge in [0.25, 0.3) is 0 Å². The van der Waals surface area contributed by atoms with Crippen molar-refractivity contribution in [3.8, 4) is 0 Å². The molecule has 2 nitrogen and oxygen atoms in total. The molecule has 0 unspecified atom stereocenters. The largest absolute Gasteiger partial charge is 0.311 e. The second-order valence-electron chi connectivity index (χ2n) is 5.29. The van der Waals surface area contributed by atoms with Gasteiger partial charge in [0.2, 0.25) is 0 Å². The van der Waals surface area contributed by atoms with Crippen molar-refractivity contribution in [2.45, 2.75) is 71.4 Å². The molecule has 0 saturated carbocycles. The summed E-state index contributed by atoms with van der Waals surface area (Å²) in [6, 6.07) is 0.732. The van der Waals surface area contributed by atoms with E-state index in [4.69, 9.17) is 0 Å². The molecular weight excluding hydrogens is 196 g/mol. The zero-order valence-corrected chi connectivity index (χ0v) is 11.7. The Labute approximate surface area is 102 Å². The van der Waals surface area contributed by atoms with Crippen LogP contribution in [0.2, 0.25) is 0 Å². The Morgan fingerprint density at radius 1 is 1.00 bits per heavy atom. The fourth-order valence-electron chi connectivity index (χ4n) is 2.93. The van der Waals surface area contributed by atoms with Crippen LogP contribution in [0.4, 0.5) is 0 Å². The van der Waals surface area contributed by atoms with Crippen LogP contribution >= 0.6 is 0 Å². The number of nitrogens with one attached hydrogen (secondary N) is 1. The third-order valence-corrected chi connectivity index (χ3v) is 4.07. The zero-order valence-electron chi connectivity index (χ0n) is 11.7. The van der Waals surface area contributed by atoms with Crippen LogP contribution in [0.5, 0.6) is 0 Å². The summed E-state index contributed by atoms with van der Waals surface area (Å²) in [7, 11) is 0. The van der Waals surface area contributed by atoms with Gasteiger partial charge in [-0.1, -0.05) is 20.3 Å². The third-order valence-electron chi connectivity index (χ3n) is 4.07. The van der Waals surface area contributed by atoms with E-state index in [0.717, 1.165) is 6.04 Å². The van der Waals surface area contributed by atoms with Crippen LogP contribution in [0.15, 0.2) is 0 Å². The molecule has 0 aromatic heterocycles. The minimum absolute atomic E-state index is 0.531. The number of nitrogens with zero attached hydrogens (tertiary/aromatic N) is 1. The molecule has 16 heavy (non-hydrogen) atoms. The Morgan fingerprint density at radius 3 is 2.06 bits per heavy atom. The molecule has 0 bridgehead atoms. The highest BCUT2D eigenvalue weighted by molar-refractivity contribution is 4.95. The van der Waals surface area contributed by atoms with Crippen molar-refractivity contribution in [2.75, 3.05) is 19.6 Å². The molecule has 0 aromatic rings. The van der Waals surface area contributed by atoms with Gasteiger partial charge in [-0.05, 0) is 46.1 Å². The standard InChI is InChI=1S/C12H24N2.C2H6/c1-11(2)14-9-6-12(7-10-14)5-3-4-8-13-12;1-2/h11,13H,3-10H2,1-2H3;1-2H3. The van der Waals surface area contributed by atoms with Gasteiger partial charge in [0.1, 0.15) is 0 Å². The third kappa shape index (κ3) is 3.46. The van der Waals surface area contributed by atoms with E-state index in [0.29, 0.717) is 5.54 Å². The Balaban J connectivity index is 0.000000606. The molecule has 2 heteroatoms. The molecule has 0 amide bonds. The van der Waals surface area contributed by atoms with Crippen molar-refractivity contribution in [2.24, 2.45) is 0 Å². The highest BCUT2D eigenvalue weighted by Gasteiger charge is 2.35. The Hall–Kier alpha value is -0.0800. The van der Waals surface area contributed by atoms with Crippen molar-refractivity contribution in [3.05, 3.63) is 0 Å². The first-order valence-corrected chi connectivity index (χ1v) is 7.21. The first-order valence-electron chi connectivity index (χ1n) is 7.21. The molecule has 2 rings (SSSR count).